The van der Waals surface area contributed by atoms with Crippen molar-refractivity contribution in [1.29, 1.82) is 0 Å². The molecule has 20 heavy (non-hydrogen) atoms. The summed E-state index contributed by atoms with van der Waals surface area (Å²) >= 11 is 6.20. The molecule has 0 N–H and O–H groups in total. The van der Waals surface area contributed by atoms with Gasteiger partial charge in [-0.25, -0.2) is 14.4 Å². The average Bonchev–Trinajstić information content (AvgIpc) is 2.95. The Bertz CT molecular complexity index is 760. The molecule has 3 rings (SSSR count). The summed E-state index contributed by atoms with van der Waals surface area (Å²) in [6.07, 6.45) is 3.63. The van der Waals surface area contributed by atoms with E-state index in [-0.39, 0.29) is 11.2 Å². The molecule has 2 aromatic heterocycles. The number of rotatable bonds is 3. The number of hydrogen-bond acceptors (Lipinski definition) is 2. The molecular weight excluding hydrogens is 279 g/mol. The predicted octanol–water partition coefficient (Wildman–Crippen LogP) is 3.26. The molecule has 0 bridgehead atoms. The van der Waals surface area contributed by atoms with Crippen LogP contribution in [0.1, 0.15) is 23.9 Å². The lowest BCUT2D eigenvalue weighted by Crippen LogP contribution is -2.09. The summed E-state index contributed by atoms with van der Waals surface area (Å²) in [5, 5.41) is -0.259. The Hall–Kier alpha value is -1.88. The lowest BCUT2D eigenvalue weighted by molar-refractivity contribution is 0.629. The molecule has 104 valence electrons. The first-order valence-corrected chi connectivity index (χ1v) is 6.76. The quantitative estimate of drug-likeness (QED) is 0.695. The number of benzene rings is 1. The number of imidazole rings is 2. The summed E-state index contributed by atoms with van der Waals surface area (Å²) in [5.74, 6) is 1.32. The number of alkyl halides is 1. The third-order valence-corrected chi connectivity index (χ3v) is 3.51. The number of aromatic nitrogens is 4. The van der Waals surface area contributed by atoms with E-state index in [4.69, 9.17) is 11.6 Å². The maximum Gasteiger partial charge on any atom is 0.128 e. The second-order valence-electron chi connectivity index (χ2n) is 4.76. The van der Waals surface area contributed by atoms with E-state index in [1.807, 2.05) is 29.3 Å². The molecule has 0 radical (unpaired) electrons. The minimum atomic E-state index is -0.298. The van der Waals surface area contributed by atoms with Crippen LogP contribution in [0.25, 0.3) is 11.0 Å². The van der Waals surface area contributed by atoms with Crippen molar-refractivity contribution in [3.8, 4) is 0 Å². The first-order valence-electron chi connectivity index (χ1n) is 6.32. The van der Waals surface area contributed by atoms with E-state index >= 15 is 0 Å². The van der Waals surface area contributed by atoms with Crippen LogP contribution < -0.4 is 0 Å². The van der Waals surface area contributed by atoms with Crippen molar-refractivity contribution in [3.63, 3.8) is 0 Å². The molecule has 0 fully saturated rings. The molecule has 0 saturated carbocycles. The van der Waals surface area contributed by atoms with E-state index < -0.39 is 0 Å². The number of aryl methyl sites for hydroxylation is 1. The van der Waals surface area contributed by atoms with Crippen molar-refractivity contribution >= 4 is 22.6 Å². The van der Waals surface area contributed by atoms with Gasteiger partial charge >= 0.3 is 0 Å². The van der Waals surface area contributed by atoms with E-state index in [1.54, 1.807) is 12.3 Å². The minimum absolute atomic E-state index is 0.259. The molecule has 2 heterocycles. The minimum Gasteiger partial charge on any atom is -0.337 e. The van der Waals surface area contributed by atoms with E-state index in [0.717, 1.165) is 17.2 Å². The van der Waals surface area contributed by atoms with Crippen LogP contribution in [0.2, 0.25) is 0 Å². The first kappa shape index (κ1) is 13.1. The van der Waals surface area contributed by atoms with Gasteiger partial charge in [0.05, 0.1) is 23.0 Å². The van der Waals surface area contributed by atoms with Crippen LogP contribution in [0.4, 0.5) is 4.39 Å². The van der Waals surface area contributed by atoms with Crippen LogP contribution >= 0.6 is 11.6 Å². The lowest BCUT2D eigenvalue weighted by Gasteiger charge is -2.10. The number of halogens is 2. The number of fused-ring (bicyclic) bond motifs is 1. The van der Waals surface area contributed by atoms with Crippen molar-refractivity contribution in [3.05, 3.63) is 48.1 Å². The molecule has 1 atom stereocenters. The van der Waals surface area contributed by atoms with Gasteiger partial charge in [-0.1, -0.05) is 0 Å². The van der Waals surface area contributed by atoms with Gasteiger partial charge in [0.15, 0.2) is 0 Å². The Morgan fingerprint density at radius 1 is 1.40 bits per heavy atom. The van der Waals surface area contributed by atoms with Crippen LogP contribution in [0.5, 0.6) is 0 Å². The fraction of sp³-hybridized carbons (Fsp3) is 0.286. The molecular formula is C14H14ClFN4. The van der Waals surface area contributed by atoms with Crippen molar-refractivity contribution in [1.82, 2.24) is 19.1 Å². The SMILES string of the molecule is CC(Cl)c1nc2cc(F)ccc2n1Cc1nccn1C. The van der Waals surface area contributed by atoms with Gasteiger partial charge in [0, 0.05) is 25.5 Å². The van der Waals surface area contributed by atoms with Crippen molar-refractivity contribution in [2.75, 3.05) is 0 Å². The van der Waals surface area contributed by atoms with Gasteiger partial charge < -0.3 is 9.13 Å². The van der Waals surface area contributed by atoms with Crippen molar-refractivity contribution in [2.45, 2.75) is 18.8 Å². The highest BCUT2D eigenvalue weighted by molar-refractivity contribution is 6.20. The van der Waals surface area contributed by atoms with Crippen LogP contribution in [0.3, 0.4) is 0 Å². The topological polar surface area (TPSA) is 35.6 Å². The van der Waals surface area contributed by atoms with Crippen LogP contribution in [0, 0.1) is 5.82 Å². The summed E-state index contributed by atoms with van der Waals surface area (Å²) in [4.78, 5) is 8.75. The fourth-order valence-corrected chi connectivity index (χ4v) is 2.45. The highest BCUT2D eigenvalue weighted by atomic mass is 35.5. The Morgan fingerprint density at radius 3 is 2.85 bits per heavy atom. The fourth-order valence-electron chi connectivity index (χ4n) is 2.28. The molecule has 0 spiro atoms. The summed E-state index contributed by atoms with van der Waals surface area (Å²) in [5.41, 5.74) is 1.47. The second-order valence-corrected chi connectivity index (χ2v) is 5.41. The Kier molecular flexibility index (Phi) is 3.22. The Labute approximate surface area is 120 Å². The second kappa shape index (κ2) is 4.90. The van der Waals surface area contributed by atoms with Gasteiger partial charge in [-0.15, -0.1) is 11.6 Å². The van der Waals surface area contributed by atoms with Gasteiger partial charge in [-0.05, 0) is 19.1 Å². The van der Waals surface area contributed by atoms with E-state index in [2.05, 4.69) is 9.97 Å². The van der Waals surface area contributed by atoms with Gasteiger partial charge in [-0.3, -0.25) is 0 Å². The van der Waals surface area contributed by atoms with E-state index in [9.17, 15) is 4.39 Å². The monoisotopic (exact) mass is 292 g/mol. The largest absolute Gasteiger partial charge is 0.337 e. The molecule has 4 nitrogen and oxygen atoms in total. The summed E-state index contributed by atoms with van der Waals surface area (Å²) < 4.78 is 17.2. The van der Waals surface area contributed by atoms with Gasteiger partial charge in [-0.2, -0.15) is 0 Å². The number of nitrogens with zero attached hydrogens (tertiary/aromatic N) is 4. The maximum atomic E-state index is 13.3. The third kappa shape index (κ3) is 2.18. The predicted molar refractivity (Wildman–Crippen MR) is 76.3 cm³/mol. The first-order chi connectivity index (χ1) is 9.56. The van der Waals surface area contributed by atoms with Gasteiger partial charge in [0.2, 0.25) is 0 Å². The normalized spacial score (nSPS) is 13.0. The Balaban J connectivity index is 2.16. The number of hydrogen-bond donors (Lipinski definition) is 0. The zero-order valence-electron chi connectivity index (χ0n) is 11.2. The summed E-state index contributed by atoms with van der Waals surface area (Å²) in [6.45, 7) is 2.41. The molecule has 0 saturated heterocycles. The molecule has 0 aliphatic heterocycles. The van der Waals surface area contributed by atoms with Crippen LogP contribution in [-0.4, -0.2) is 19.1 Å². The lowest BCUT2D eigenvalue weighted by atomic mass is 10.3. The Morgan fingerprint density at radius 2 is 2.20 bits per heavy atom. The zero-order valence-corrected chi connectivity index (χ0v) is 12.0. The van der Waals surface area contributed by atoms with Crippen molar-refractivity contribution in [2.24, 2.45) is 7.05 Å². The zero-order chi connectivity index (χ0) is 14.3. The van der Waals surface area contributed by atoms with Crippen LogP contribution in [-0.2, 0) is 13.6 Å². The third-order valence-electron chi connectivity index (χ3n) is 3.32. The average molecular weight is 293 g/mol. The highest BCUT2D eigenvalue weighted by Crippen LogP contribution is 2.25. The molecule has 3 aromatic rings. The summed E-state index contributed by atoms with van der Waals surface area (Å²) in [7, 11) is 1.94. The molecule has 1 unspecified atom stereocenters. The molecule has 0 aliphatic rings. The van der Waals surface area contributed by atoms with Crippen LogP contribution in [0.15, 0.2) is 30.6 Å². The van der Waals surface area contributed by atoms with Gasteiger partial charge in [0.1, 0.15) is 17.5 Å². The smallest absolute Gasteiger partial charge is 0.128 e. The van der Waals surface area contributed by atoms with Gasteiger partial charge in [0.25, 0.3) is 0 Å². The maximum absolute atomic E-state index is 13.3. The highest BCUT2D eigenvalue weighted by Gasteiger charge is 2.16. The molecule has 1 aromatic carbocycles. The summed E-state index contributed by atoms with van der Waals surface area (Å²) in [6, 6.07) is 4.58. The van der Waals surface area contributed by atoms with E-state index in [1.165, 1.54) is 12.1 Å². The molecule has 6 heteroatoms. The van der Waals surface area contributed by atoms with E-state index in [0.29, 0.717) is 12.1 Å². The molecule has 0 aliphatic carbocycles. The standard InChI is InChI=1S/C14H14ClFN4/c1-9(15)14-18-11-7-10(16)3-4-12(11)20(14)8-13-17-5-6-19(13)2/h3-7,9H,8H2,1-2H3. The molecule has 0 amide bonds. The van der Waals surface area contributed by atoms with Crippen molar-refractivity contribution < 1.29 is 4.39 Å².